The Kier molecular flexibility index (Phi) is 6.02. The zero-order chi connectivity index (χ0) is 19.2. The van der Waals surface area contributed by atoms with Gasteiger partial charge < -0.3 is 19.5 Å². The zero-order valence-electron chi connectivity index (χ0n) is 15.3. The molecule has 144 valence electrons. The van der Waals surface area contributed by atoms with E-state index >= 15 is 0 Å². The molecule has 1 amide bonds. The molecule has 9 heteroatoms. The first-order valence-electron chi connectivity index (χ1n) is 8.79. The molecular formula is C18H22N4O5. The summed E-state index contributed by atoms with van der Waals surface area (Å²) in [6.07, 6.45) is 4.51. The lowest BCUT2D eigenvalue weighted by Gasteiger charge is -2.22. The van der Waals surface area contributed by atoms with Crippen molar-refractivity contribution in [1.29, 1.82) is 0 Å². The molecule has 2 aromatic rings. The second kappa shape index (κ2) is 8.63. The van der Waals surface area contributed by atoms with Crippen LogP contribution in [0.5, 0.6) is 5.88 Å². The first-order chi connectivity index (χ1) is 13.1. The number of hydrogen-bond acceptors (Lipinski definition) is 7. The average molecular weight is 374 g/mol. The van der Waals surface area contributed by atoms with E-state index in [1.54, 1.807) is 26.1 Å². The van der Waals surface area contributed by atoms with Crippen LogP contribution >= 0.6 is 0 Å². The van der Waals surface area contributed by atoms with Crippen molar-refractivity contribution in [3.63, 3.8) is 0 Å². The minimum Gasteiger partial charge on any atom is -0.474 e. The average Bonchev–Trinajstić information content (AvgIpc) is 3.04. The summed E-state index contributed by atoms with van der Waals surface area (Å²) in [6.45, 7) is 3.30. The molecule has 9 nitrogen and oxygen atoms in total. The molecule has 1 aliphatic rings. The number of rotatable bonds is 6. The number of amides is 1. The van der Waals surface area contributed by atoms with Crippen LogP contribution in [-0.4, -0.2) is 52.6 Å². The SMILES string of the molecule is CCOC(=O)c1cnn(C)c1NC(=O)c1ccc(OC2CCOCC2)nc1. The lowest BCUT2D eigenvalue weighted by molar-refractivity contribution is 0.0237. The Bertz CT molecular complexity index is 797. The van der Waals surface area contributed by atoms with Crippen molar-refractivity contribution in [3.8, 4) is 5.88 Å². The highest BCUT2D eigenvalue weighted by Crippen LogP contribution is 2.19. The molecule has 1 saturated heterocycles. The second-order valence-electron chi connectivity index (χ2n) is 6.02. The van der Waals surface area contributed by atoms with Gasteiger partial charge in [0, 0.05) is 32.2 Å². The third-order valence-electron chi connectivity index (χ3n) is 4.12. The Hall–Kier alpha value is -2.94. The molecule has 27 heavy (non-hydrogen) atoms. The van der Waals surface area contributed by atoms with Crippen LogP contribution in [-0.2, 0) is 16.5 Å². The van der Waals surface area contributed by atoms with Crippen molar-refractivity contribution in [1.82, 2.24) is 14.8 Å². The van der Waals surface area contributed by atoms with E-state index in [1.165, 1.54) is 17.1 Å². The predicted octanol–water partition coefficient (Wildman–Crippen LogP) is 1.80. The van der Waals surface area contributed by atoms with Gasteiger partial charge in [0.15, 0.2) is 0 Å². The Labute approximate surface area is 156 Å². The van der Waals surface area contributed by atoms with E-state index in [0.717, 1.165) is 12.8 Å². The van der Waals surface area contributed by atoms with Crippen molar-refractivity contribution in [2.24, 2.45) is 7.05 Å². The zero-order valence-corrected chi connectivity index (χ0v) is 15.3. The van der Waals surface area contributed by atoms with Gasteiger partial charge in [0.1, 0.15) is 17.5 Å². The summed E-state index contributed by atoms with van der Waals surface area (Å²) in [5, 5.41) is 6.68. The number of esters is 1. The third kappa shape index (κ3) is 4.62. The Morgan fingerprint density at radius 1 is 1.30 bits per heavy atom. The highest BCUT2D eigenvalue weighted by atomic mass is 16.5. The monoisotopic (exact) mass is 374 g/mol. The fourth-order valence-electron chi connectivity index (χ4n) is 2.67. The maximum absolute atomic E-state index is 12.5. The molecule has 0 unspecified atom stereocenters. The summed E-state index contributed by atoms with van der Waals surface area (Å²) in [5.41, 5.74) is 0.533. The molecule has 0 aromatic carbocycles. The minimum absolute atomic E-state index is 0.0764. The van der Waals surface area contributed by atoms with Crippen molar-refractivity contribution >= 4 is 17.7 Å². The van der Waals surface area contributed by atoms with Crippen molar-refractivity contribution in [2.45, 2.75) is 25.9 Å². The summed E-state index contributed by atoms with van der Waals surface area (Å²) in [5.74, 6) is -0.222. The lowest BCUT2D eigenvalue weighted by atomic mass is 10.1. The third-order valence-corrected chi connectivity index (χ3v) is 4.12. The number of hydrogen-bond donors (Lipinski definition) is 1. The van der Waals surface area contributed by atoms with Gasteiger partial charge in [-0.3, -0.25) is 9.48 Å². The lowest BCUT2D eigenvalue weighted by Crippen LogP contribution is -2.26. The summed E-state index contributed by atoms with van der Waals surface area (Å²) in [7, 11) is 1.63. The molecule has 0 bridgehead atoms. The number of anilines is 1. The number of aryl methyl sites for hydroxylation is 1. The van der Waals surface area contributed by atoms with Gasteiger partial charge in [-0.05, 0) is 13.0 Å². The van der Waals surface area contributed by atoms with Crippen LogP contribution in [0.4, 0.5) is 5.82 Å². The van der Waals surface area contributed by atoms with E-state index in [-0.39, 0.29) is 24.1 Å². The van der Waals surface area contributed by atoms with Crippen LogP contribution < -0.4 is 10.1 Å². The quantitative estimate of drug-likeness (QED) is 0.769. The van der Waals surface area contributed by atoms with Crippen LogP contribution in [0.1, 0.15) is 40.5 Å². The first kappa shape index (κ1) is 18.8. The maximum atomic E-state index is 12.5. The summed E-state index contributed by atoms with van der Waals surface area (Å²) >= 11 is 0. The van der Waals surface area contributed by atoms with Crippen LogP contribution in [0.3, 0.4) is 0 Å². The molecule has 0 saturated carbocycles. The van der Waals surface area contributed by atoms with Gasteiger partial charge >= 0.3 is 5.97 Å². The number of pyridine rings is 1. The molecule has 0 atom stereocenters. The van der Waals surface area contributed by atoms with E-state index in [4.69, 9.17) is 14.2 Å². The van der Waals surface area contributed by atoms with Crippen molar-refractivity contribution in [3.05, 3.63) is 35.7 Å². The van der Waals surface area contributed by atoms with Crippen molar-refractivity contribution in [2.75, 3.05) is 25.1 Å². The van der Waals surface area contributed by atoms with E-state index in [9.17, 15) is 9.59 Å². The molecule has 3 rings (SSSR count). The molecule has 3 heterocycles. The van der Waals surface area contributed by atoms with Gasteiger partial charge in [-0.1, -0.05) is 0 Å². The molecule has 0 spiro atoms. The topological polar surface area (TPSA) is 105 Å². The van der Waals surface area contributed by atoms with E-state index in [0.29, 0.717) is 24.7 Å². The van der Waals surface area contributed by atoms with Crippen LogP contribution in [0.15, 0.2) is 24.5 Å². The first-order valence-corrected chi connectivity index (χ1v) is 8.79. The molecule has 2 aromatic heterocycles. The smallest absolute Gasteiger partial charge is 0.343 e. The van der Waals surface area contributed by atoms with Crippen LogP contribution in [0.2, 0.25) is 0 Å². The number of carbonyl (C=O) groups is 2. The number of aromatic nitrogens is 3. The van der Waals surface area contributed by atoms with E-state index in [2.05, 4.69) is 15.4 Å². The van der Waals surface area contributed by atoms with Gasteiger partial charge in [-0.25, -0.2) is 9.78 Å². The number of nitrogens with one attached hydrogen (secondary N) is 1. The van der Waals surface area contributed by atoms with Gasteiger partial charge in [0.25, 0.3) is 5.91 Å². The van der Waals surface area contributed by atoms with Gasteiger partial charge in [0.2, 0.25) is 5.88 Å². The molecular weight excluding hydrogens is 352 g/mol. The highest BCUT2D eigenvalue weighted by molar-refractivity contribution is 6.07. The van der Waals surface area contributed by atoms with Gasteiger partial charge in [-0.15, -0.1) is 0 Å². The Balaban J connectivity index is 1.66. The summed E-state index contributed by atoms with van der Waals surface area (Å²) in [4.78, 5) is 28.7. The Morgan fingerprint density at radius 2 is 2.07 bits per heavy atom. The molecule has 0 aliphatic carbocycles. The molecule has 1 aliphatic heterocycles. The maximum Gasteiger partial charge on any atom is 0.343 e. The van der Waals surface area contributed by atoms with Crippen LogP contribution in [0.25, 0.3) is 0 Å². The fraction of sp³-hybridized carbons (Fsp3) is 0.444. The number of nitrogens with zero attached hydrogens (tertiary/aromatic N) is 3. The van der Waals surface area contributed by atoms with Crippen LogP contribution in [0, 0.1) is 0 Å². The fourth-order valence-corrected chi connectivity index (χ4v) is 2.67. The number of carbonyl (C=O) groups excluding carboxylic acids is 2. The summed E-state index contributed by atoms with van der Waals surface area (Å²) < 4.78 is 17.5. The highest BCUT2D eigenvalue weighted by Gasteiger charge is 2.20. The normalized spacial score (nSPS) is 14.6. The summed E-state index contributed by atoms with van der Waals surface area (Å²) in [6, 6.07) is 3.28. The minimum atomic E-state index is -0.542. The Morgan fingerprint density at radius 3 is 2.74 bits per heavy atom. The number of ether oxygens (including phenoxy) is 3. The molecule has 1 fully saturated rings. The van der Waals surface area contributed by atoms with Gasteiger partial charge in [-0.2, -0.15) is 5.10 Å². The standard InChI is InChI=1S/C18H22N4O5/c1-3-26-18(24)14-11-20-22(2)16(14)21-17(23)12-4-5-15(19-10-12)27-13-6-8-25-9-7-13/h4-5,10-11,13H,3,6-9H2,1-2H3,(H,21,23). The largest absolute Gasteiger partial charge is 0.474 e. The molecule has 1 N–H and O–H groups in total. The van der Waals surface area contributed by atoms with Crippen molar-refractivity contribution < 1.29 is 23.8 Å². The van der Waals surface area contributed by atoms with E-state index in [1.807, 2.05) is 0 Å². The van der Waals surface area contributed by atoms with Gasteiger partial charge in [0.05, 0.1) is 31.6 Å². The predicted molar refractivity (Wildman–Crippen MR) is 95.8 cm³/mol. The second-order valence-corrected chi connectivity index (χ2v) is 6.02. The van der Waals surface area contributed by atoms with E-state index < -0.39 is 11.9 Å². The molecule has 0 radical (unpaired) electrons.